The molecule has 9 nitrogen and oxygen atoms in total. The summed E-state index contributed by atoms with van der Waals surface area (Å²) in [5.41, 5.74) is -1.85. The molecule has 0 radical (unpaired) electrons. The number of nitrogens with one attached hydrogen (secondary N) is 1. The van der Waals surface area contributed by atoms with Crippen molar-refractivity contribution in [1.29, 1.82) is 0 Å². The molecule has 1 fully saturated rings. The highest BCUT2D eigenvalue weighted by atomic mass is 19.3. The summed E-state index contributed by atoms with van der Waals surface area (Å²) in [5.74, 6) is -3.90. The molecule has 0 saturated carbocycles. The minimum Gasteiger partial charge on any atom is -0.444 e. The lowest BCUT2D eigenvalue weighted by atomic mass is 10.1. The fraction of sp³-hybridized carbons (Fsp3) is 0.688. The van der Waals surface area contributed by atoms with Crippen molar-refractivity contribution in [3.05, 3.63) is 22.7 Å². The summed E-state index contributed by atoms with van der Waals surface area (Å²) in [6.45, 7) is 6.64. The van der Waals surface area contributed by atoms with Crippen LogP contribution in [0.25, 0.3) is 0 Å². The Bertz CT molecular complexity index is 734. The van der Waals surface area contributed by atoms with Crippen LogP contribution in [0.3, 0.4) is 0 Å². The molecule has 1 aromatic rings. The van der Waals surface area contributed by atoms with Gasteiger partial charge < -0.3 is 19.3 Å². The lowest BCUT2D eigenvalue weighted by Gasteiger charge is -2.21. The highest BCUT2D eigenvalue weighted by Crippen LogP contribution is 2.42. The molecule has 1 saturated heterocycles. The molecule has 2 N–H and O–H groups in total. The van der Waals surface area contributed by atoms with Crippen LogP contribution in [-0.4, -0.2) is 57.7 Å². The zero-order chi connectivity index (χ0) is 20.4. The summed E-state index contributed by atoms with van der Waals surface area (Å²) >= 11 is 0. The smallest absolute Gasteiger partial charge is 0.413 e. The second-order valence-corrected chi connectivity index (χ2v) is 6.94. The van der Waals surface area contributed by atoms with Crippen molar-refractivity contribution in [2.24, 2.45) is 0 Å². The predicted octanol–water partition coefficient (Wildman–Crippen LogP) is 1.52. The summed E-state index contributed by atoms with van der Waals surface area (Å²) in [6.07, 6.45) is -5.33. The van der Waals surface area contributed by atoms with Crippen LogP contribution in [-0.2, 0) is 14.2 Å². The number of aliphatic hydroxyl groups is 1. The predicted molar refractivity (Wildman–Crippen MR) is 89.7 cm³/mol. The molecule has 3 unspecified atom stereocenters. The van der Waals surface area contributed by atoms with Crippen molar-refractivity contribution in [2.75, 3.05) is 18.5 Å². The van der Waals surface area contributed by atoms with E-state index in [2.05, 4.69) is 10.3 Å². The molecule has 1 amide bonds. The van der Waals surface area contributed by atoms with E-state index >= 15 is 0 Å². The molecule has 3 atom stereocenters. The van der Waals surface area contributed by atoms with Gasteiger partial charge in [0.05, 0.1) is 6.61 Å². The normalized spacial score (nSPS) is 24.6. The van der Waals surface area contributed by atoms with Crippen molar-refractivity contribution in [1.82, 2.24) is 9.55 Å². The third kappa shape index (κ3) is 4.99. The number of carbonyl (C=O) groups is 1. The van der Waals surface area contributed by atoms with Gasteiger partial charge in [0.1, 0.15) is 17.5 Å². The number of halogens is 2. The van der Waals surface area contributed by atoms with E-state index in [0.29, 0.717) is 4.57 Å². The van der Waals surface area contributed by atoms with Crippen LogP contribution in [0.1, 0.15) is 33.9 Å². The van der Waals surface area contributed by atoms with Crippen LogP contribution in [0.15, 0.2) is 17.1 Å². The standard InChI is InChI=1S/C16H23F2N3O6/c1-5-25-8-9-11(22)16(17,18)12(26-9)21-7-6-10(19-13(21)23)20-14(24)27-15(2,3)4/h6-7,9,11-12,22H,5,8H2,1-4H3,(H,19,20,23,24). The molecule has 1 aliphatic rings. The molecule has 2 heterocycles. The van der Waals surface area contributed by atoms with Gasteiger partial charge in [0.15, 0.2) is 6.10 Å². The second kappa shape index (κ2) is 7.87. The Morgan fingerprint density at radius 3 is 2.70 bits per heavy atom. The molecule has 0 spiro atoms. The average Bonchev–Trinajstić information content (AvgIpc) is 2.74. The van der Waals surface area contributed by atoms with Crippen molar-refractivity contribution < 1.29 is 32.9 Å². The molecular formula is C16H23F2N3O6. The molecule has 0 aromatic carbocycles. The Kier molecular flexibility index (Phi) is 6.17. The van der Waals surface area contributed by atoms with Crippen LogP contribution < -0.4 is 11.0 Å². The van der Waals surface area contributed by atoms with Gasteiger partial charge in [-0.2, -0.15) is 13.8 Å². The first-order valence-corrected chi connectivity index (χ1v) is 8.34. The van der Waals surface area contributed by atoms with E-state index in [9.17, 15) is 23.5 Å². The van der Waals surface area contributed by atoms with Gasteiger partial charge >= 0.3 is 17.7 Å². The van der Waals surface area contributed by atoms with Crippen LogP contribution in [0.5, 0.6) is 0 Å². The van der Waals surface area contributed by atoms with Crippen molar-refractivity contribution in [3.63, 3.8) is 0 Å². The Balaban J connectivity index is 2.17. The number of aliphatic hydroxyl groups excluding tert-OH is 1. The maximum Gasteiger partial charge on any atom is 0.413 e. The van der Waals surface area contributed by atoms with Gasteiger partial charge in [0.25, 0.3) is 0 Å². The lowest BCUT2D eigenvalue weighted by Crippen LogP contribution is -2.42. The number of carbonyl (C=O) groups excluding carboxylic acids is 1. The summed E-state index contributed by atoms with van der Waals surface area (Å²) in [7, 11) is 0. The summed E-state index contributed by atoms with van der Waals surface area (Å²) in [5, 5.41) is 12.0. The van der Waals surface area contributed by atoms with Crippen LogP contribution in [0.4, 0.5) is 19.4 Å². The third-order valence-corrected chi connectivity index (χ3v) is 3.58. The van der Waals surface area contributed by atoms with Crippen molar-refractivity contribution in [2.45, 2.75) is 57.7 Å². The number of amides is 1. The van der Waals surface area contributed by atoms with E-state index in [1.807, 2.05) is 0 Å². The average molecular weight is 391 g/mol. The largest absolute Gasteiger partial charge is 0.444 e. The van der Waals surface area contributed by atoms with E-state index in [1.165, 1.54) is 0 Å². The zero-order valence-electron chi connectivity index (χ0n) is 15.4. The van der Waals surface area contributed by atoms with Gasteiger partial charge in [-0.15, -0.1) is 0 Å². The number of hydrogen-bond acceptors (Lipinski definition) is 7. The van der Waals surface area contributed by atoms with Gasteiger partial charge in [-0.3, -0.25) is 9.88 Å². The molecule has 0 aliphatic carbocycles. The highest BCUT2D eigenvalue weighted by molar-refractivity contribution is 5.83. The fourth-order valence-electron chi connectivity index (χ4n) is 2.41. The van der Waals surface area contributed by atoms with E-state index < -0.39 is 41.7 Å². The molecule has 1 aliphatic heterocycles. The minimum atomic E-state index is -3.73. The van der Waals surface area contributed by atoms with Gasteiger partial charge in [0, 0.05) is 12.8 Å². The lowest BCUT2D eigenvalue weighted by molar-refractivity contribution is -0.141. The van der Waals surface area contributed by atoms with E-state index in [0.717, 1.165) is 12.3 Å². The molecule has 27 heavy (non-hydrogen) atoms. The van der Waals surface area contributed by atoms with Crippen molar-refractivity contribution in [3.8, 4) is 0 Å². The summed E-state index contributed by atoms with van der Waals surface area (Å²) < 4.78 is 44.4. The Hall–Kier alpha value is -2.11. The zero-order valence-corrected chi connectivity index (χ0v) is 15.4. The monoisotopic (exact) mass is 391 g/mol. The summed E-state index contributed by atoms with van der Waals surface area (Å²) in [4.78, 5) is 27.4. The Morgan fingerprint density at radius 1 is 1.48 bits per heavy atom. The van der Waals surface area contributed by atoms with Crippen molar-refractivity contribution >= 4 is 11.9 Å². The number of rotatable bonds is 5. The maximum absolute atomic E-state index is 14.3. The van der Waals surface area contributed by atoms with Gasteiger partial charge in [-0.05, 0) is 33.8 Å². The first kappa shape index (κ1) is 21.2. The number of nitrogens with zero attached hydrogens (tertiary/aromatic N) is 2. The van der Waals surface area contributed by atoms with Crippen LogP contribution >= 0.6 is 0 Å². The molecule has 2 rings (SSSR count). The molecule has 152 valence electrons. The minimum absolute atomic E-state index is 0.168. The van der Waals surface area contributed by atoms with Gasteiger partial charge in [-0.1, -0.05) is 0 Å². The van der Waals surface area contributed by atoms with E-state index in [4.69, 9.17) is 14.2 Å². The molecule has 1 aromatic heterocycles. The second-order valence-electron chi connectivity index (χ2n) is 6.94. The highest BCUT2D eigenvalue weighted by Gasteiger charge is 2.59. The van der Waals surface area contributed by atoms with Crippen LogP contribution in [0.2, 0.25) is 0 Å². The first-order chi connectivity index (χ1) is 12.5. The number of hydrogen-bond donors (Lipinski definition) is 2. The number of aromatic nitrogens is 2. The van der Waals surface area contributed by atoms with E-state index in [-0.39, 0.29) is 19.0 Å². The molecule has 0 bridgehead atoms. The number of anilines is 1. The van der Waals surface area contributed by atoms with Crippen LogP contribution in [0, 0.1) is 0 Å². The third-order valence-electron chi connectivity index (χ3n) is 3.58. The maximum atomic E-state index is 14.3. The SMILES string of the molecule is CCOCC1OC(n2ccc(NC(=O)OC(C)(C)C)nc2=O)C(F)(F)C1O. The molecular weight excluding hydrogens is 368 g/mol. The fourth-order valence-corrected chi connectivity index (χ4v) is 2.41. The number of ether oxygens (including phenoxy) is 3. The number of alkyl halides is 2. The Morgan fingerprint density at radius 2 is 2.15 bits per heavy atom. The van der Waals surface area contributed by atoms with E-state index in [1.54, 1.807) is 27.7 Å². The first-order valence-electron chi connectivity index (χ1n) is 8.34. The molecule has 11 heteroatoms. The Labute approximate surface area is 154 Å². The summed E-state index contributed by atoms with van der Waals surface area (Å²) in [6, 6.07) is 1.15. The van der Waals surface area contributed by atoms with Gasteiger partial charge in [-0.25, -0.2) is 9.59 Å². The van der Waals surface area contributed by atoms with Gasteiger partial charge in [0.2, 0.25) is 6.23 Å². The topological polar surface area (TPSA) is 112 Å². The quantitative estimate of drug-likeness (QED) is 0.783.